The quantitative estimate of drug-likeness (QED) is 0.784. The van der Waals surface area contributed by atoms with Crippen molar-refractivity contribution in [3.8, 4) is 0 Å². The van der Waals surface area contributed by atoms with Crippen molar-refractivity contribution in [3.63, 3.8) is 0 Å². The van der Waals surface area contributed by atoms with Gasteiger partial charge in [-0.3, -0.25) is 9.69 Å². The Morgan fingerprint density at radius 2 is 2.00 bits per heavy atom. The molecule has 116 valence electrons. The zero-order valence-corrected chi connectivity index (χ0v) is 14.3. The van der Waals surface area contributed by atoms with Crippen molar-refractivity contribution < 1.29 is 4.79 Å². The summed E-state index contributed by atoms with van der Waals surface area (Å²) in [5.74, 6) is 0.0421. The standard InChI is InChI=1S/C15H18IN5O/c16-12-1-3-13(4-2-12)19-15(22)9-20-7-5-14(6-8-20)21-11-17-10-18-21/h1-4,10-11,14H,5-9H2,(H,19,22). The van der Waals surface area contributed by atoms with Crippen LogP contribution in [-0.4, -0.2) is 45.2 Å². The highest BCUT2D eigenvalue weighted by Gasteiger charge is 2.22. The van der Waals surface area contributed by atoms with E-state index in [1.807, 2.05) is 28.9 Å². The zero-order chi connectivity index (χ0) is 15.4. The molecule has 1 amide bonds. The summed E-state index contributed by atoms with van der Waals surface area (Å²) in [4.78, 5) is 18.3. The molecule has 0 atom stereocenters. The smallest absolute Gasteiger partial charge is 0.238 e. The number of aromatic nitrogens is 3. The molecular formula is C15H18IN5O. The number of anilines is 1. The first-order valence-corrected chi connectivity index (χ1v) is 8.40. The van der Waals surface area contributed by atoms with Crippen molar-refractivity contribution >= 4 is 34.2 Å². The first-order chi connectivity index (χ1) is 10.7. The van der Waals surface area contributed by atoms with E-state index in [4.69, 9.17) is 0 Å². The second kappa shape index (κ2) is 7.19. The molecule has 1 aliphatic rings. The molecule has 1 aromatic carbocycles. The summed E-state index contributed by atoms with van der Waals surface area (Å²) in [6, 6.07) is 8.23. The lowest BCUT2D eigenvalue weighted by Crippen LogP contribution is -2.39. The van der Waals surface area contributed by atoms with Gasteiger partial charge in [0.1, 0.15) is 12.7 Å². The maximum absolute atomic E-state index is 12.1. The van der Waals surface area contributed by atoms with Gasteiger partial charge >= 0.3 is 0 Å². The SMILES string of the molecule is O=C(CN1CCC(n2cncn2)CC1)Nc1ccc(I)cc1. The van der Waals surface area contributed by atoms with Gasteiger partial charge in [0.25, 0.3) is 0 Å². The van der Waals surface area contributed by atoms with Crippen LogP contribution in [0.15, 0.2) is 36.9 Å². The Morgan fingerprint density at radius 1 is 1.27 bits per heavy atom. The molecule has 0 saturated carbocycles. The summed E-state index contributed by atoms with van der Waals surface area (Å²) in [5, 5.41) is 7.14. The molecule has 0 radical (unpaired) electrons. The van der Waals surface area contributed by atoms with E-state index in [9.17, 15) is 4.79 Å². The first kappa shape index (κ1) is 15.4. The summed E-state index contributed by atoms with van der Waals surface area (Å²) in [6.45, 7) is 2.26. The van der Waals surface area contributed by atoms with Crippen molar-refractivity contribution in [3.05, 3.63) is 40.5 Å². The summed E-state index contributed by atoms with van der Waals surface area (Å²) in [7, 11) is 0. The van der Waals surface area contributed by atoms with Gasteiger partial charge in [-0.05, 0) is 59.7 Å². The van der Waals surface area contributed by atoms with Crippen LogP contribution in [0.1, 0.15) is 18.9 Å². The highest BCUT2D eigenvalue weighted by atomic mass is 127. The van der Waals surface area contributed by atoms with Gasteiger partial charge < -0.3 is 5.32 Å². The monoisotopic (exact) mass is 411 g/mol. The maximum Gasteiger partial charge on any atom is 0.238 e. The number of nitrogens with one attached hydrogen (secondary N) is 1. The number of halogens is 1. The molecule has 1 N–H and O–H groups in total. The number of rotatable bonds is 4. The fourth-order valence-corrected chi connectivity index (χ4v) is 3.04. The summed E-state index contributed by atoms with van der Waals surface area (Å²) in [5.41, 5.74) is 0.850. The zero-order valence-electron chi connectivity index (χ0n) is 12.2. The van der Waals surface area contributed by atoms with Gasteiger partial charge in [-0.1, -0.05) is 0 Å². The minimum absolute atomic E-state index is 0.0421. The average molecular weight is 411 g/mol. The van der Waals surface area contributed by atoms with Gasteiger partial charge in [0.15, 0.2) is 0 Å². The third-order valence-electron chi connectivity index (χ3n) is 3.86. The van der Waals surface area contributed by atoms with Crippen molar-refractivity contribution in [1.29, 1.82) is 0 Å². The third-order valence-corrected chi connectivity index (χ3v) is 4.58. The maximum atomic E-state index is 12.1. The minimum Gasteiger partial charge on any atom is -0.325 e. The number of amides is 1. The average Bonchev–Trinajstić information content (AvgIpc) is 3.05. The Bertz CT molecular complexity index is 605. The highest BCUT2D eigenvalue weighted by molar-refractivity contribution is 14.1. The Hall–Kier alpha value is -1.48. The fraction of sp³-hybridized carbons (Fsp3) is 0.400. The molecule has 6 nitrogen and oxygen atoms in total. The number of benzene rings is 1. The Balaban J connectivity index is 1.46. The van der Waals surface area contributed by atoms with E-state index >= 15 is 0 Å². The van der Waals surface area contributed by atoms with Crippen LogP contribution in [0.5, 0.6) is 0 Å². The predicted molar refractivity (Wildman–Crippen MR) is 92.5 cm³/mol. The lowest BCUT2D eigenvalue weighted by atomic mass is 10.1. The topological polar surface area (TPSA) is 63.1 Å². The minimum atomic E-state index is 0.0421. The molecule has 22 heavy (non-hydrogen) atoms. The molecule has 0 aliphatic carbocycles. The van der Waals surface area contributed by atoms with Gasteiger partial charge in [-0.25, -0.2) is 9.67 Å². The van der Waals surface area contributed by atoms with Crippen LogP contribution in [0.2, 0.25) is 0 Å². The highest BCUT2D eigenvalue weighted by Crippen LogP contribution is 2.21. The third kappa shape index (κ3) is 4.04. The molecule has 0 bridgehead atoms. The largest absolute Gasteiger partial charge is 0.325 e. The second-order valence-corrected chi connectivity index (χ2v) is 6.68. The fourth-order valence-electron chi connectivity index (χ4n) is 2.68. The van der Waals surface area contributed by atoms with E-state index in [1.54, 1.807) is 12.7 Å². The van der Waals surface area contributed by atoms with Crippen molar-refractivity contribution in [2.75, 3.05) is 25.0 Å². The Morgan fingerprint density at radius 3 is 2.64 bits per heavy atom. The molecule has 2 aromatic rings. The molecule has 1 aliphatic heterocycles. The van der Waals surface area contributed by atoms with Crippen LogP contribution in [0.4, 0.5) is 5.69 Å². The molecule has 0 spiro atoms. The predicted octanol–water partition coefficient (Wildman–Crippen LogP) is 2.16. The van der Waals surface area contributed by atoms with E-state index in [2.05, 4.69) is 42.9 Å². The van der Waals surface area contributed by atoms with Crippen molar-refractivity contribution in [2.45, 2.75) is 18.9 Å². The number of hydrogen-bond donors (Lipinski definition) is 1. The van der Waals surface area contributed by atoms with Crippen LogP contribution in [0, 0.1) is 3.57 Å². The van der Waals surface area contributed by atoms with Gasteiger partial charge in [0.05, 0.1) is 12.6 Å². The summed E-state index contributed by atoms with van der Waals surface area (Å²) in [6.07, 6.45) is 5.34. The van der Waals surface area contributed by atoms with Gasteiger partial charge in [-0.15, -0.1) is 0 Å². The number of carbonyl (C=O) groups excluding carboxylic acids is 1. The van der Waals surface area contributed by atoms with Crippen LogP contribution in [-0.2, 0) is 4.79 Å². The van der Waals surface area contributed by atoms with E-state index < -0.39 is 0 Å². The second-order valence-electron chi connectivity index (χ2n) is 5.44. The normalized spacial score (nSPS) is 16.6. The number of carbonyl (C=O) groups is 1. The molecular weight excluding hydrogens is 393 g/mol. The van der Waals surface area contributed by atoms with Crippen molar-refractivity contribution in [2.24, 2.45) is 0 Å². The van der Waals surface area contributed by atoms with Crippen LogP contribution in [0.3, 0.4) is 0 Å². The van der Waals surface area contributed by atoms with Crippen LogP contribution in [0.25, 0.3) is 0 Å². The van der Waals surface area contributed by atoms with E-state index in [-0.39, 0.29) is 5.91 Å². The molecule has 3 rings (SSSR count). The lowest BCUT2D eigenvalue weighted by Gasteiger charge is -2.31. The molecule has 1 fully saturated rings. The number of hydrogen-bond acceptors (Lipinski definition) is 4. The van der Waals surface area contributed by atoms with Gasteiger partial charge in [-0.2, -0.15) is 5.10 Å². The summed E-state index contributed by atoms with van der Waals surface area (Å²) >= 11 is 2.25. The molecule has 2 heterocycles. The van der Waals surface area contributed by atoms with E-state index in [0.717, 1.165) is 35.2 Å². The molecule has 0 unspecified atom stereocenters. The van der Waals surface area contributed by atoms with Gasteiger partial charge in [0.2, 0.25) is 5.91 Å². The first-order valence-electron chi connectivity index (χ1n) is 7.32. The van der Waals surface area contributed by atoms with E-state index in [1.165, 1.54) is 0 Å². The molecule has 7 heteroatoms. The van der Waals surface area contributed by atoms with Crippen molar-refractivity contribution in [1.82, 2.24) is 19.7 Å². The number of piperidine rings is 1. The lowest BCUT2D eigenvalue weighted by molar-refractivity contribution is -0.117. The molecule has 1 aromatic heterocycles. The Labute approximate surface area is 143 Å². The number of nitrogens with zero attached hydrogens (tertiary/aromatic N) is 4. The Kier molecular flexibility index (Phi) is 5.04. The number of likely N-dealkylation sites (tertiary alicyclic amines) is 1. The summed E-state index contributed by atoms with van der Waals surface area (Å²) < 4.78 is 3.08. The van der Waals surface area contributed by atoms with E-state index in [0.29, 0.717) is 12.6 Å². The van der Waals surface area contributed by atoms with Crippen LogP contribution < -0.4 is 5.32 Å². The van der Waals surface area contributed by atoms with Gasteiger partial charge in [0, 0.05) is 22.3 Å². The van der Waals surface area contributed by atoms with Crippen LogP contribution >= 0.6 is 22.6 Å². The molecule has 1 saturated heterocycles.